The third-order valence-corrected chi connectivity index (χ3v) is 3.93. The molecule has 1 saturated heterocycles. The topological polar surface area (TPSA) is 61.0 Å². The lowest BCUT2D eigenvalue weighted by atomic mass is 10.1. The predicted octanol–water partition coefficient (Wildman–Crippen LogP) is 1.52. The minimum absolute atomic E-state index is 0.139. The molecule has 0 spiro atoms. The number of amides is 1. The number of nitrogens with one attached hydrogen (secondary N) is 2. The van der Waals surface area contributed by atoms with Gasteiger partial charge >= 0.3 is 0 Å². The van der Waals surface area contributed by atoms with Gasteiger partial charge in [0.15, 0.2) is 0 Å². The van der Waals surface area contributed by atoms with E-state index in [1.54, 1.807) is 7.05 Å². The molecule has 1 aliphatic rings. The van der Waals surface area contributed by atoms with Gasteiger partial charge in [0.05, 0.1) is 17.6 Å². The number of fused-ring (bicyclic) bond motifs is 1. The van der Waals surface area contributed by atoms with E-state index in [1.807, 2.05) is 24.3 Å². The zero-order valence-corrected chi connectivity index (χ0v) is 11.7. The number of likely N-dealkylation sites (tertiary alicyclic amines) is 1. The Morgan fingerprint density at radius 3 is 3.15 bits per heavy atom. The normalized spacial score (nSPS) is 19.6. The number of H-pyrrole nitrogens is 1. The van der Waals surface area contributed by atoms with Gasteiger partial charge in [-0.15, -0.1) is 0 Å². The van der Waals surface area contributed by atoms with Crippen molar-refractivity contribution in [1.82, 2.24) is 20.2 Å². The Hall–Kier alpha value is -1.88. The van der Waals surface area contributed by atoms with E-state index in [0.717, 1.165) is 42.9 Å². The van der Waals surface area contributed by atoms with Crippen LogP contribution in [-0.2, 0) is 11.3 Å². The van der Waals surface area contributed by atoms with Crippen LogP contribution in [-0.4, -0.2) is 40.9 Å². The first kappa shape index (κ1) is 13.1. The van der Waals surface area contributed by atoms with E-state index in [2.05, 4.69) is 20.2 Å². The number of imidazole rings is 1. The van der Waals surface area contributed by atoms with E-state index < -0.39 is 0 Å². The van der Waals surface area contributed by atoms with Crippen LogP contribution in [0, 0.1) is 5.92 Å². The van der Waals surface area contributed by atoms with Crippen molar-refractivity contribution in [3.05, 3.63) is 30.1 Å². The van der Waals surface area contributed by atoms with Gasteiger partial charge in [-0.2, -0.15) is 0 Å². The molecule has 1 aromatic carbocycles. The first-order chi connectivity index (χ1) is 9.74. The Balaban J connectivity index is 1.60. The summed E-state index contributed by atoms with van der Waals surface area (Å²) in [6.07, 6.45) is 1.72. The van der Waals surface area contributed by atoms with E-state index in [-0.39, 0.29) is 5.91 Å². The second-order valence-corrected chi connectivity index (χ2v) is 5.47. The minimum Gasteiger partial charge on any atom is -0.359 e. The second-order valence-electron chi connectivity index (χ2n) is 5.47. The van der Waals surface area contributed by atoms with Crippen LogP contribution in [0.25, 0.3) is 11.0 Å². The largest absolute Gasteiger partial charge is 0.359 e. The first-order valence-corrected chi connectivity index (χ1v) is 7.11. The predicted molar refractivity (Wildman–Crippen MR) is 78.2 cm³/mol. The van der Waals surface area contributed by atoms with E-state index >= 15 is 0 Å². The highest BCUT2D eigenvalue weighted by Crippen LogP contribution is 2.21. The van der Waals surface area contributed by atoms with Crippen molar-refractivity contribution >= 4 is 16.9 Å². The molecule has 1 aliphatic heterocycles. The number of aromatic nitrogens is 2. The van der Waals surface area contributed by atoms with E-state index in [9.17, 15) is 4.79 Å². The molecule has 1 amide bonds. The summed E-state index contributed by atoms with van der Waals surface area (Å²) in [5, 5.41) is 2.70. The molecule has 5 heteroatoms. The van der Waals surface area contributed by atoms with Crippen molar-refractivity contribution in [3.63, 3.8) is 0 Å². The molecule has 106 valence electrons. The van der Waals surface area contributed by atoms with Crippen molar-refractivity contribution in [2.75, 3.05) is 20.1 Å². The summed E-state index contributed by atoms with van der Waals surface area (Å²) in [5.74, 6) is 1.62. The van der Waals surface area contributed by atoms with Gasteiger partial charge in [0.2, 0.25) is 5.91 Å². The maximum atomic E-state index is 11.4. The minimum atomic E-state index is 0.139. The number of hydrogen-bond donors (Lipinski definition) is 2. The summed E-state index contributed by atoms with van der Waals surface area (Å²) in [5.41, 5.74) is 2.10. The van der Waals surface area contributed by atoms with Gasteiger partial charge in [0.25, 0.3) is 0 Å². The number of carbonyl (C=O) groups excluding carboxylic acids is 1. The Morgan fingerprint density at radius 2 is 2.35 bits per heavy atom. The lowest BCUT2D eigenvalue weighted by molar-refractivity contribution is -0.121. The quantitative estimate of drug-likeness (QED) is 0.887. The Labute approximate surface area is 118 Å². The highest BCUT2D eigenvalue weighted by atomic mass is 16.1. The number of aromatic amines is 1. The number of para-hydroxylation sites is 2. The lowest BCUT2D eigenvalue weighted by Crippen LogP contribution is -2.24. The maximum Gasteiger partial charge on any atom is 0.220 e. The van der Waals surface area contributed by atoms with Gasteiger partial charge in [-0.1, -0.05) is 12.1 Å². The molecule has 0 aliphatic carbocycles. The van der Waals surface area contributed by atoms with Crippen molar-refractivity contribution < 1.29 is 4.79 Å². The number of nitrogens with zero attached hydrogens (tertiary/aromatic N) is 2. The molecule has 0 unspecified atom stereocenters. The molecule has 1 atom stereocenters. The van der Waals surface area contributed by atoms with Crippen LogP contribution in [0.3, 0.4) is 0 Å². The van der Waals surface area contributed by atoms with Gasteiger partial charge in [-0.05, 0) is 31.0 Å². The van der Waals surface area contributed by atoms with Gasteiger partial charge < -0.3 is 10.3 Å². The molecule has 2 heterocycles. The third kappa shape index (κ3) is 2.82. The lowest BCUT2D eigenvalue weighted by Gasteiger charge is -2.14. The average Bonchev–Trinajstić information content (AvgIpc) is 3.05. The van der Waals surface area contributed by atoms with Crippen LogP contribution in [0.5, 0.6) is 0 Å². The number of rotatable bonds is 4. The summed E-state index contributed by atoms with van der Waals surface area (Å²) < 4.78 is 0. The molecular formula is C15H20N4O. The Bertz CT molecular complexity index is 574. The molecule has 2 aromatic rings. The van der Waals surface area contributed by atoms with Crippen LogP contribution in [0.15, 0.2) is 24.3 Å². The summed E-state index contributed by atoms with van der Waals surface area (Å²) in [6.45, 7) is 2.85. The summed E-state index contributed by atoms with van der Waals surface area (Å²) in [6, 6.07) is 8.08. The molecule has 2 N–H and O–H groups in total. The summed E-state index contributed by atoms with van der Waals surface area (Å²) in [4.78, 5) is 21.7. The van der Waals surface area contributed by atoms with Crippen LogP contribution in [0.1, 0.15) is 18.7 Å². The van der Waals surface area contributed by atoms with Crippen LogP contribution < -0.4 is 5.32 Å². The van der Waals surface area contributed by atoms with E-state index in [4.69, 9.17) is 0 Å². The molecular weight excluding hydrogens is 252 g/mol. The highest BCUT2D eigenvalue weighted by Gasteiger charge is 2.24. The van der Waals surface area contributed by atoms with Crippen LogP contribution >= 0.6 is 0 Å². The van der Waals surface area contributed by atoms with Crippen molar-refractivity contribution in [2.24, 2.45) is 5.92 Å². The van der Waals surface area contributed by atoms with E-state index in [0.29, 0.717) is 12.3 Å². The van der Waals surface area contributed by atoms with Crippen molar-refractivity contribution in [2.45, 2.75) is 19.4 Å². The summed E-state index contributed by atoms with van der Waals surface area (Å²) >= 11 is 0. The smallest absolute Gasteiger partial charge is 0.220 e. The summed E-state index contributed by atoms with van der Waals surface area (Å²) in [7, 11) is 1.70. The van der Waals surface area contributed by atoms with Gasteiger partial charge in [0, 0.05) is 20.0 Å². The molecule has 0 radical (unpaired) electrons. The molecule has 1 fully saturated rings. The maximum absolute atomic E-state index is 11.4. The first-order valence-electron chi connectivity index (χ1n) is 7.11. The third-order valence-electron chi connectivity index (χ3n) is 3.93. The molecule has 1 aromatic heterocycles. The van der Waals surface area contributed by atoms with Gasteiger partial charge in [0.1, 0.15) is 5.82 Å². The van der Waals surface area contributed by atoms with Gasteiger partial charge in [-0.3, -0.25) is 9.69 Å². The Kier molecular flexibility index (Phi) is 3.69. The van der Waals surface area contributed by atoms with Crippen LogP contribution in [0.4, 0.5) is 0 Å². The highest BCUT2D eigenvalue weighted by molar-refractivity contribution is 5.76. The fourth-order valence-corrected chi connectivity index (χ4v) is 2.88. The molecule has 5 nitrogen and oxygen atoms in total. The standard InChI is InChI=1S/C15H20N4O/c1-16-15(20)8-11-6-7-19(9-11)10-14-17-12-4-2-3-5-13(12)18-14/h2-5,11H,6-10H2,1H3,(H,16,20)(H,17,18)/t11-/m1/s1. The molecule has 0 bridgehead atoms. The number of carbonyl (C=O) groups is 1. The van der Waals surface area contributed by atoms with Crippen molar-refractivity contribution in [3.8, 4) is 0 Å². The van der Waals surface area contributed by atoms with Gasteiger partial charge in [-0.25, -0.2) is 4.98 Å². The number of hydrogen-bond acceptors (Lipinski definition) is 3. The average molecular weight is 272 g/mol. The zero-order valence-electron chi connectivity index (χ0n) is 11.7. The Morgan fingerprint density at radius 1 is 1.50 bits per heavy atom. The molecule has 3 rings (SSSR count). The fourth-order valence-electron chi connectivity index (χ4n) is 2.88. The number of benzene rings is 1. The SMILES string of the molecule is CNC(=O)C[C@H]1CCN(Cc2nc3ccccc3[nH]2)C1. The zero-order chi connectivity index (χ0) is 13.9. The molecule has 0 saturated carbocycles. The monoisotopic (exact) mass is 272 g/mol. The van der Waals surface area contributed by atoms with E-state index in [1.165, 1.54) is 0 Å². The molecule has 20 heavy (non-hydrogen) atoms. The van der Waals surface area contributed by atoms with Crippen molar-refractivity contribution in [1.29, 1.82) is 0 Å². The fraction of sp³-hybridized carbons (Fsp3) is 0.467. The second kappa shape index (κ2) is 5.63. The van der Waals surface area contributed by atoms with Crippen LogP contribution in [0.2, 0.25) is 0 Å².